The molecule has 0 aliphatic carbocycles. The summed E-state index contributed by atoms with van der Waals surface area (Å²) in [5, 5.41) is 1.77. The number of rotatable bonds is 7. The Kier molecular flexibility index (Phi) is 5.57. The van der Waals surface area contributed by atoms with E-state index in [-0.39, 0.29) is 0 Å². The number of para-hydroxylation sites is 1. The maximum atomic E-state index is 12.2. The molecule has 1 radical (unpaired) electrons. The first-order chi connectivity index (χ1) is 16.2. The number of aromatic nitrogens is 1. The molecule has 163 valence electrons. The number of ether oxygens (including phenoxy) is 1. The van der Waals surface area contributed by atoms with Gasteiger partial charge in [-0.05, 0) is 47.9 Å². The van der Waals surface area contributed by atoms with Crippen molar-refractivity contribution in [3.8, 4) is 5.75 Å². The van der Waals surface area contributed by atoms with Gasteiger partial charge in [0, 0.05) is 21.9 Å². The molecule has 0 unspecified atom stereocenters. The summed E-state index contributed by atoms with van der Waals surface area (Å²) in [6.07, 6.45) is 0.910. The highest BCUT2D eigenvalue weighted by Crippen LogP contribution is 2.34. The first-order valence-electron chi connectivity index (χ1n) is 11.2. The van der Waals surface area contributed by atoms with Crippen LogP contribution < -0.4 is 10.5 Å². The van der Waals surface area contributed by atoms with Crippen LogP contribution in [0.5, 0.6) is 5.75 Å². The van der Waals surface area contributed by atoms with Gasteiger partial charge in [0.15, 0.2) is 0 Å². The van der Waals surface area contributed by atoms with Crippen molar-refractivity contribution in [3.05, 3.63) is 113 Å². The van der Waals surface area contributed by atoms with Gasteiger partial charge in [0.2, 0.25) is 5.91 Å². The van der Waals surface area contributed by atoms with E-state index in [1.165, 1.54) is 5.56 Å². The number of carbonyl (C=O) groups is 1. The van der Waals surface area contributed by atoms with Gasteiger partial charge >= 0.3 is 0 Å². The number of hydrogen-bond donors (Lipinski definition) is 1. The largest absolute Gasteiger partial charge is 0.489 e. The molecule has 4 aromatic carbocycles. The zero-order valence-corrected chi connectivity index (χ0v) is 18.5. The van der Waals surface area contributed by atoms with E-state index in [4.69, 9.17) is 10.5 Å². The second-order valence-corrected chi connectivity index (χ2v) is 8.15. The highest BCUT2D eigenvalue weighted by molar-refractivity contribution is 6.17. The highest BCUT2D eigenvalue weighted by atomic mass is 16.5. The molecule has 4 nitrogen and oxygen atoms in total. The maximum absolute atomic E-state index is 12.2. The third-order valence-corrected chi connectivity index (χ3v) is 6.07. The van der Waals surface area contributed by atoms with Crippen LogP contribution in [0.1, 0.15) is 34.0 Å². The Morgan fingerprint density at radius 3 is 2.52 bits per heavy atom. The molecule has 0 spiro atoms. The molecule has 0 aliphatic heterocycles. The third-order valence-electron chi connectivity index (χ3n) is 6.07. The highest BCUT2D eigenvalue weighted by Gasteiger charge is 2.18. The number of nitrogens with two attached hydrogens (primary N) is 1. The summed E-state index contributed by atoms with van der Waals surface area (Å²) < 4.78 is 8.44. The Morgan fingerprint density at radius 1 is 0.939 bits per heavy atom. The van der Waals surface area contributed by atoms with Crippen LogP contribution in [0.4, 0.5) is 0 Å². The molecule has 5 aromatic rings. The van der Waals surface area contributed by atoms with Gasteiger partial charge in [-0.1, -0.05) is 67.6 Å². The standard InChI is InChI=1S/C29H25N2O2/c1-2-20-15-16-23-26(17-20)31(25-13-8-12-24(28(23)25)29(30)32)18-22-11-6-7-14-27(22)33-19-21-9-4-3-5-10-21/h3-15,17H,2,18-19H2,1H3,(H2,30,32). The lowest BCUT2D eigenvalue weighted by molar-refractivity contribution is 0.100. The van der Waals surface area contributed by atoms with Crippen molar-refractivity contribution in [2.75, 3.05) is 0 Å². The van der Waals surface area contributed by atoms with Crippen LogP contribution in [0.25, 0.3) is 21.8 Å². The summed E-state index contributed by atoms with van der Waals surface area (Å²) in [4.78, 5) is 12.2. The Morgan fingerprint density at radius 2 is 1.73 bits per heavy atom. The number of amides is 1. The second-order valence-electron chi connectivity index (χ2n) is 8.15. The molecular formula is C29H25N2O2. The number of nitrogens with zero attached hydrogens (tertiary/aromatic N) is 1. The Hall–Kier alpha value is -4.05. The van der Waals surface area contributed by atoms with Crippen molar-refractivity contribution < 1.29 is 9.53 Å². The number of carbonyl (C=O) groups excluding carboxylic acids is 1. The van der Waals surface area contributed by atoms with Gasteiger partial charge in [-0.15, -0.1) is 0 Å². The van der Waals surface area contributed by atoms with E-state index in [2.05, 4.69) is 41.8 Å². The summed E-state index contributed by atoms with van der Waals surface area (Å²) >= 11 is 0. The number of aryl methyl sites for hydroxylation is 1. The van der Waals surface area contributed by atoms with Crippen LogP contribution in [0.15, 0.2) is 84.9 Å². The van der Waals surface area contributed by atoms with E-state index in [1.807, 2.05) is 54.6 Å². The Balaban J connectivity index is 1.62. The minimum absolute atomic E-state index is 0.431. The van der Waals surface area contributed by atoms with E-state index >= 15 is 0 Å². The topological polar surface area (TPSA) is 57.2 Å². The van der Waals surface area contributed by atoms with E-state index in [9.17, 15) is 4.79 Å². The predicted molar refractivity (Wildman–Crippen MR) is 132 cm³/mol. The minimum atomic E-state index is -0.431. The average molecular weight is 434 g/mol. The molecule has 0 saturated carbocycles. The zero-order chi connectivity index (χ0) is 22.8. The molecule has 5 rings (SSSR count). The maximum Gasteiger partial charge on any atom is 0.249 e. The van der Waals surface area contributed by atoms with Gasteiger partial charge in [0.05, 0.1) is 17.6 Å². The minimum Gasteiger partial charge on any atom is -0.489 e. The fraction of sp³-hybridized carbons (Fsp3) is 0.138. The van der Waals surface area contributed by atoms with Crippen LogP contribution in [0, 0.1) is 6.07 Å². The van der Waals surface area contributed by atoms with Gasteiger partial charge in [-0.3, -0.25) is 4.79 Å². The molecule has 1 amide bonds. The molecule has 0 bridgehead atoms. The van der Waals surface area contributed by atoms with Gasteiger partial charge in [0.1, 0.15) is 12.4 Å². The fourth-order valence-corrected chi connectivity index (χ4v) is 4.36. The van der Waals surface area contributed by atoms with Gasteiger partial charge in [-0.2, -0.15) is 0 Å². The van der Waals surface area contributed by atoms with Crippen LogP contribution in [0.2, 0.25) is 0 Å². The smallest absolute Gasteiger partial charge is 0.249 e. The van der Waals surface area contributed by atoms with Crippen molar-refractivity contribution in [1.82, 2.24) is 4.57 Å². The van der Waals surface area contributed by atoms with Gasteiger partial charge < -0.3 is 15.0 Å². The summed E-state index contributed by atoms with van der Waals surface area (Å²) in [6, 6.07) is 31.6. The zero-order valence-electron chi connectivity index (χ0n) is 18.5. The van der Waals surface area contributed by atoms with Crippen LogP contribution >= 0.6 is 0 Å². The summed E-state index contributed by atoms with van der Waals surface area (Å²) in [5.41, 5.74) is 11.6. The van der Waals surface area contributed by atoms with E-state index < -0.39 is 5.91 Å². The number of hydrogen-bond acceptors (Lipinski definition) is 2. The van der Waals surface area contributed by atoms with Crippen molar-refractivity contribution >= 4 is 27.7 Å². The number of fused-ring (bicyclic) bond motifs is 3. The van der Waals surface area contributed by atoms with Crippen LogP contribution in [-0.2, 0) is 19.6 Å². The van der Waals surface area contributed by atoms with E-state index in [1.54, 1.807) is 6.07 Å². The molecule has 2 N–H and O–H groups in total. The molecule has 0 atom stereocenters. The normalized spacial score (nSPS) is 11.2. The third kappa shape index (κ3) is 3.96. The van der Waals surface area contributed by atoms with Crippen LogP contribution in [-0.4, -0.2) is 10.5 Å². The van der Waals surface area contributed by atoms with Gasteiger partial charge in [-0.25, -0.2) is 0 Å². The lowest BCUT2D eigenvalue weighted by Gasteiger charge is -2.14. The SMILES string of the molecule is CCc1c[c]c2c3c(C(N)=O)cccc3n(Cc3ccccc3OCc3ccccc3)c2c1. The van der Waals surface area contributed by atoms with Crippen molar-refractivity contribution in [2.24, 2.45) is 5.73 Å². The number of primary amides is 1. The first-order valence-corrected chi connectivity index (χ1v) is 11.2. The quantitative estimate of drug-likeness (QED) is 0.348. The fourth-order valence-electron chi connectivity index (χ4n) is 4.36. The lowest BCUT2D eigenvalue weighted by atomic mass is 10.0. The molecule has 0 saturated heterocycles. The monoisotopic (exact) mass is 433 g/mol. The molecule has 1 aromatic heterocycles. The van der Waals surface area contributed by atoms with Crippen molar-refractivity contribution in [2.45, 2.75) is 26.5 Å². The molecule has 0 fully saturated rings. The predicted octanol–water partition coefficient (Wildman–Crippen LogP) is 5.88. The molecule has 33 heavy (non-hydrogen) atoms. The van der Waals surface area contributed by atoms with E-state index in [0.717, 1.165) is 45.1 Å². The Bertz CT molecular complexity index is 1450. The second kappa shape index (κ2) is 8.83. The van der Waals surface area contributed by atoms with Crippen molar-refractivity contribution in [3.63, 3.8) is 0 Å². The van der Waals surface area contributed by atoms with Crippen molar-refractivity contribution in [1.29, 1.82) is 0 Å². The summed E-state index contributed by atoms with van der Waals surface area (Å²) in [7, 11) is 0. The summed E-state index contributed by atoms with van der Waals surface area (Å²) in [6.45, 7) is 3.24. The molecule has 0 aliphatic rings. The lowest BCUT2D eigenvalue weighted by Crippen LogP contribution is -2.11. The number of benzene rings is 4. The molecule has 4 heteroatoms. The Labute approximate surface area is 193 Å². The molecular weight excluding hydrogens is 408 g/mol. The van der Waals surface area contributed by atoms with Crippen LogP contribution in [0.3, 0.4) is 0 Å². The summed E-state index contributed by atoms with van der Waals surface area (Å²) in [5.74, 6) is 0.414. The van der Waals surface area contributed by atoms with Gasteiger partial charge in [0.25, 0.3) is 0 Å². The van der Waals surface area contributed by atoms with E-state index in [0.29, 0.717) is 18.7 Å². The first kappa shape index (κ1) is 20.8. The molecule has 1 heterocycles. The average Bonchev–Trinajstić information content (AvgIpc) is 3.17.